The molecule has 0 saturated carbocycles. The summed E-state index contributed by atoms with van der Waals surface area (Å²) >= 11 is 10.9. The number of rotatable bonds is 3. The standard InChI is InChI=1S/C11H8BrClN2S/c12-8-3-4-9(15-6-8)7-16-11-10(13)2-1-5-14-11/h1-6H,7H2. The molecule has 16 heavy (non-hydrogen) atoms. The van der Waals surface area contributed by atoms with Crippen LogP contribution in [0.25, 0.3) is 0 Å². The molecule has 2 aromatic heterocycles. The number of nitrogens with zero attached hydrogens (tertiary/aromatic N) is 2. The fraction of sp³-hybridized carbons (Fsp3) is 0.0909. The fourth-order valence-electron chi connectivity index (χ4n) is 1.11. The van der Waals surface area contributed by atoms with Gasteiger partial charge in [-0.15, -0.1) is 0 Å². The smallest absolute Gasteiger partial charge is 0.115 e. The molecule has 0 amide bonds. The molecule has 0 unspecified atom stereocenters. The van der Waals surface area contributed by atoms with Crippen molar-refractivity contribution in [3.8, 4) is 0 Å². The lowest BCUT2D eigenvalue weighted by Crippen LogP contribution is -1.87. The maximum Gasteiger partial charge on any atom is 0.115 e. The molecule has 2 rings (SSSR count). The highest BCUT2D eigenvalue weighted by atomic mass is 79.9. The van der Waals surface area contributed by atoms with E-state index in [4.69, 9.17) is 11.6 Å². The first-order valence-electron chi connectivity index (χ1n) is 4.59. The van der Waals surface area contributed by atoms with E-state index in [1.807, 2.05) is 24.3 Å². The lowest BCUT2D eigenvalue weighted by molar-refractivity contribution is 1.12. The van der Waals surface area contributed by atoms with Gasteiger partial charge in [-0.05, 0) is 40.2 Å². The summed E-state index contributed by atoms with van der Waals surface area (Å²) in [6.45, 7) is 0. The van der Waals surface area contributed by atoms with E-state index in [1.54, 1.807) is 24.2 Å². The maximum absolute atomic E-state index is 6.00. The zero-order chi connectivity index (χ0) is 11.4. The normalized spacial score (nSPS) is 10.4. The largest absolute Gasteiger partial charge is 0.259 e. The first kappa shape index (κ1) is 11.9. The van der Waals surface area contributed by atoms with Gasteiger partial charge in [0.15, 0.2) is 0 Å². The molecular formula is C11H8BrClN2S. The van der Waals surface area contributed by atoms with Crippen molar-refractivity contribution in [3.05, 3.63) is 51.8 Å². The highest BCUT2D eigenvalue weighted by Crippen LogP contribution is 2.26. The summed E-state index contributed by atoms with van der Waals surface area (Å²) < 4.78 is 0.983. The average molecular weight is 316 g/mol. The van der Waals surface area contributed by atoms with Crippen molar-refractivity contribution in [2.75, 3.05) is 0 Å². The van der Waals surface area contributed by atoms with Gasteiger partial charge in [-0.3, -0.25) is 4.98 Å². The van der Waals surface area contributed by atoms with E-state index in [1.165, 1.54) is 0 Å². The number of pyridine rings is 2. The van der Waals surface area contributed by atoms with E-state index in [-0.39, 0.29) is 0 Å². The Kier molecular flexibility index (Phi) is 4.21. The quantitative estimate of drug-likeness (QED) is 0.794. The minimum absolute atomic E-state index is 0.685. The van der Waals surface area contributed by atoms with Crippen molar-refractivity contribution in [1.29, 1.82) is 0 Å². The summed E-state index contributed by atoms with van der Waals surface area (Å²) in [7, 11) is 0. The van der Waals surface area contributed by atoms with Crippen molar-refractivity contribution >= 4 is 39.3 Å². The molecule has 5 heteroatoms. The van der Waals surface area contributed by atoms with Crippen LogP contribution in [0, 0.1) is 0 Å². The van der Waals surface area contributed by atoms with Crippen molar-refractivity contribution in [2.45, 2.75) is 10.8 Å². The second-order valence-electron chi connectivity index (χ2n) is 3.05. The zero-order valence-electron chi connectivity index (χ0n) is 8.23. The number of hydrogen-bond donors (Lipinski definition) is 0. The third-order valence-corrected chi connectivity index (χ3v) is 3.80. The Hall–Kier alpha value is -0.580. The molecule has 0 aliphatic rings. The molecule has 0 aliphatic carbocycles. The van der Waals surface area contributed by atoms with Crippen LogP contribution < -0.4 is 0 Å². The van der Waals surface area contributed by atoms with E-state index in [0.717, 1.165) is 20.9 Å². The second-order valence-corrected chi connectivity index (χ2v) is 5.33. The molecule has 82 valence electrons. The molecular weight excluding hydrogens is 308 g/mol. The maximum atomic E-state index is 6.00. The molecule has 0 aliphatic heterocycles. The molecule has 0 saturated heterocycles. The predicted molar refractivity (Wildman–Crippen MR) is 70.7 cm³/mol. The molecule has 2 heterocycles. The molecule has 0 radical (unpaired) electrons. The van der Waals surface area contributed by atoms with E-state index in [9.17, 15) is 0 Å². The van der Waals surface area contributed by atoms with Gasteiger partial charge >= 0.3 is 0 Å². The highest BCUT2D eigenvalue weighted by molar-refractivity contribution is 9.10. The first-order chi connectivity index (χ1) is 7.75. The van der Waals surface area contributed by atoms with E-state index < -0.39 is 0 Å². The summed E-state index contributed by atoms with van der Waals surface area (Å²) in [6, 6.07) is 7.62. The molecule has 0 atom stereocenters. The SMILES string of the molecule is Clc1cccnc1SCc1ccc(Br)cn1. The van der Waals surface area contributed by atoms with Crippen LogP contribution >= 0.6 is 39.3 Å². The van der Waals surface area contributed by atoms with E-state index >= 15 is 0 Å². The third-order valence-electron chi connectivity index (χ3n) is 1.87. The summed E-state index contributed by atoms with van der Waals surface area (Å²) in [5.41, 5.74) is 1.01. The van der Waals surface area contributed by atoms with Crippen LogP contribution in [0.1, 0.15) is 5.69 Å². The van der Waals surface area contributed by atoms with Crippen LogP contribution in [0.4, 0.5) is 0 Å². The van der Waals surface area contributed by atoms with Crippen molar-refractivity contribution in [2.24, 2.45) is 0 Å². The minimum Gasteiger partial charge on any atom is -0.259 e. The van der Waals surface area contributed by atoms with Gasteiger partial charge in [0.25, 0.3) is 0 Å². The molecule has 2 aromatic rings. The zero-order valence-corrected chi connectivity index (χ0v) is 11.4. The lowest BCUT2D eigenvalue weighted by Gasteiger charge is -2.02. The predicted octanol–water partition coefficient (Wildman–Crippen LogP) is 4.18. The molecule has 0 bridgehead atoms. The number of aromatic nitrogens is 2. The summed E-state index contributed by atoms with van der Waals surface area (Å²) in [6.07, 6.45) is 3.53. The van der Waals surface area contributed by atoms with Crippen LogP contribution in [-0.4, -0.2) is 9.97 Å². The van der Waals surface area contributed by atoms with E-state index in [2.05, 4.69) is 25.9 Å². The molecule has 0 spiro atoms. The van der Waals surface area contributed by atoms with Crippen molar-refractivity contribution in [3.63, 3.8) is 0 Å². The van der Waals surface area contributed by atoms with Gasteiger partial charge in [0.2, 0.25) is 0 Å². The fourth-order valence-corrected chi connectivity index (χ4v) is 2.43. The second kappa shape index (κ2) is 5.66. The van der Waals surface area contributed by atoms with Gasteiger partial charge in [0.1, 0.15) is 5.03 Å². The molecule has 2 nitrogen and oxygen atoms in total. The molecule has 0 N–H and O–H groups in total. The Morgan fingerprint density at radius 2 is 2.12 bits per heavy atom. The molecule has 0 aromatic carbocycles. The van der Waals surface area contributed by atoms with Crippen LogP contribution in [0.15, 0.2) is 46.2 Å². The van der Waals surface area contributed by atoms with Crippen LogP contribution in [0.3, 0.4) is 0 Å². The number of hydrogen-bond acceptors (Lipinski definition) is 3. The molecule has 0 fully saturated rings. The van der Waals surface area contributed by atoms with Gasteiger partial charge in [-0.25, -0.2) is 4.98 Å². The van der Waals surface area contributed by atoms with Crippen LogP contribution in [-0.2, 0) is 5.75 Å². The first-order valence-corrected chi connectivity index (χ1v) is 6.75. The number of halogens is 2. The number of thioether (sulfide) groups is 1. The summed E-state index contributed by atoms with van der Waals surface area (Å²) in [5.74, 6) is 0.768. The van der Waals surface area contributed by atoms with Crippen LogP contribution in [0.5, 0.6) is 0 Å². The topological polar surface area (TPSA) is 25.8 Å². The Bertz CT molecular complexity index is 476. The van der Waals surface area contributed by atoms with Crippen LogP contribution in [0.2, 0.25) is 5.02 Å². The van der Waals surface area contributed by atoms with E-state index in [0.29, 0.717) is 5.02 Å². The van der Waals surface area contributed by atoms with Gasteiger partial charge in [0, 0.05) is 22.6 Å². The van der Waals surface area contributed by atoms with Gasteiger partial charge in [-0.2, -0.15) is 0 Å². The lowest BCUT2D eigenvalue weighted by atomic mass is 10.4. The van der Waals surface area contributed by atoms with Crippen molar-refractivity contribution < 1.29 is 0 Å². The monoisotopic (exact) mass is 314 g/mol. The Morgan fingerprint density at radius 1 is 1.25 bits per heavy atom. The van der Waals surface area contributed by atoms with Gasteiger partial charge < -0.3 is 0 Å². The van der Waals surface area contributed by atoms with Gasteiger partial charge in [0.05, 0.1) is 10.7 Å². The average Bonchev–Trinajstić information content (AvgIpc) is 2.30. The van der Waals surface area contributed by atoms with Gasteiger partial charge in [-0.1, -0.05) is 23.4 Å². The Labute approximate surface area is 112 Å². The third kappa shape index (κ3) is 3.20. The minimum atomic E-state index is 0.685. The van der Waals surface area contributed by atoms with Crippen molar-refractivity contribution in [1.82, 2.24) is 9.97 Å². The summed E-state index contributed by atoms with van der Waals surface area (Å²) in [4.78, 5) is 8.49. The Balaban J connectivity index is 2.02. The summed E-state index contributed by atoms with van der Waals surface area (Å²) in [5, 5.41) is 1.53. The Morgan fingerprint density at radius 3 is 2.81 bits per heavy atom. The highest BCUT2D eigenvalue weighted by Gasteiger charge is 2.02.